The molecule has 90 valence electrons. The van der Waals surface area contributed by atoms with E-state index in [1.165, 1.54) is 6.92 Å². The van der Waals surface area contributed by atoms with Crippen molar-refractivity contribution in [3.63, 3.8) is 0 Å². The fourth-order valence-corrected chi connectivity index (χ4v) is 1.71. The van der Waals surface area contributed by atoms with E-state index in [4.69, 9.17) is 14.9 Å². The molecule has 0 aromatic rings. The van der Waals surface area contributed by atoms with Gasteiger partial charge >= 0.3 is 0 Å². The smallest absolute Gasteiger partial charge is 0.111 e. The Morgan fingerprint density at radius 2 is 1.60 bits per heavy atom. The van der Waals surface area contributed by atoms with Crippen molar-refractivity contribution in [3.05, 3.63) is 0 Å². The summed E-state index contributed by atoms with van der Waals surface area (Å²) in [4.78, 5) is 0. The van der Waals surface area contributed by atoms with Gasteiger partial charge in [0.25, 0.3) is 0 Å². The molecule has 0 saturated carbocycles. The van der Waals surface area contributed by atoms with Crippen molar-refractivity contribution in [2.45, 2.75) is 50.0 Å². The zero-order valence-electron chi connectivity index (χ0n) is 8.52. The Balaban J connectivity index is 2.65. The van der Waals surface area contributed by atoms with Crippen LogP contribution in [0.2, 0.25) is 0 Å². The second kappa shape index (κ2) is 5.20. The van der Waals surface area contributed by atoms with Gasteiger partial charge in [-0.15, -0.1) is 0 Å². The molecule has 0 spiro atoms. The maximum atomic E-state index is 9.54. The largest absolute Gasteiger partial charge is 0.394 e. The molecule has 0 aliphatic carbocycles. The van der Waals surface area contributed by atoms with Gasteiger partial charge in [0.15, 0.2) is 0 Å². The summed E-state index contributed by atoms with van der Waals surface area (Å²) in [5.74, 6) is 0. The molecule has 0 radical (unpaired) electrons. The van der Waals surface area contributed by atoms with Crippen LogP contribution in [-0.2, 0) is 4.74 Å². The van der Waals surface area contributed by atoms with Gasteiger partial charge in [-0.3, -0.25) is 0 Å². The van der Waals surface area contributed by atoms with Gasteiger partial charge in [0.05, 0.1) is 18.8 Å². The molecule has 5 N–H and O–H groups in total. The number of hydrogen-bond donors (Lipinski definition) is 5. The van der Waals surface area contributed by atoms with E-state index in [-0.39, 0.29) is 6.42 Å². The standard InChI is InChI=1S/C9H18O6/c1-4(11)2-5-7(12)9(14)8(13)6(3-10)15-5/h4-14H,2-3H2,1H3/t4?,5?,6-,7+,8-,9-/m1/s1. The van der Waals surface area contributed by atoms with Crippen LogP contribution in [-0.4, -0.2) is 68.8 Å². The first kappa shape index (κ1) is 12.8. The summed E-state index contributed by atoms with van der Waals surface area (Å²) >= 11 is 0. The van der Waals surface area contributed by atoms with Gasteiger partial charge in [0.2, 0.25) is 0 Å². The van der Waals surface area contributed by atoms with Crippen molar-refractivity contribution in [3.8, 4) is 0 Å². The van der Waals surface area contributed by atoms with E-state index in [1.807, 2.05) is 0 Å². The molecular formula is C9H18O6. The van der Waals surface area contributed by atoms with Gasteiger partial charge in [-0.05, 0) is 6.92 Å². The molecule has 1 rings (SSSR count). The van der Waals surface area contributed by atoms with E-state index in [1.54, 1.807) is 0 Å². The van der Waals surface area contributed by atoms with Crippen LogP contribution in [0.4, 0.5) is 0 Å². The maximum absolute atomic E-state index is 9.54. The predicted molar refractivity (Wildman–Crippen MR) is 50.1 cm³/mol. The Morgan fingerprint density at radius 3 is 2.07 bits per heavy atom. The lowest BCUT2D eigenvalue weighted by Gasteiger charge is -2.40. The van der Waals surface area contributed by atoms with Gasteiger partial charge in [0.1, 0.15) is 24.4 Å². The third-order valence-electron chi connectivity index (χ3n) is 2.56. The first-order chi connectivity index (χ1) is 6.97. The second-order valence-corrected chi connectivity index (χ2v) is 3.95. The molecule has 2 unspecified atom stereocenters. The Bertz CT molecular complexity index is 195. The van der Waals surface area contributed by atoms with Crippen LogP contribution in [0.15, 0.2) is 0 Å². The Labute approximate surface area is 87.7 Å². The summed E-state index contributed by atoms with van der Waals surface area (Å²) in [6.07, 6.45) is -6.17. The van der Waals surface area contributed by atoms with E-state index in [9.17, 15) is 15.3 Å². The summed E-state index contributed by atoms with van der Waals surface area (Å²) < 4.78 is 5.17. The summed E-state index contributed by atoms with van der Waals surface area (Å²) in [7, 11) is 0. The van der Waals surface area contributed by atoms with Crippen LogP contribution >= 0.6 is 0 Å². The highest BCUT2D eigenvalue weighted by Gasteiger charge is 2.43. The Morgan fingerprint density at radius 1 is 1.07 bits per heavy atom. The summed E-state index contributed by atoms with van der Waals surface area (Å²) in [6, 6.07) is 0. The molecule has 1 saturated heterocycles. The number of ether oxygens (including phenoxy) is 1. The molecule has 6 nitrogen and oxygen atoms in total. The van der Waals surface area contributed by atoms with E-state index in [2.05, 4.69) is 0 Å². The van der Waals surface area contributed by atoms with Crippen LogP contribution in [0.3, 0.4) is 0 Å². The third kappa shape index (κ3) is 2.87. The van der Waals surface area contributed by atoms with Crippen LogP contribution < -0.4 is 0 Å². The van der Waals surface area contributed by atoms with Gasteiger partial charge < -0.3 is 30.3 Å². The third-order valence-corrected chi connectivity index (χ3v) is 2.56. The lowest BCUT2D eigenvalue weighted by Crippen LogP contribution is -2.58. The normalized spacial score (nSPS) is 44.0. The second-order valence-electron chi connectivity index (χ2n) is 3.95. The van der Waals surface area contributed by atoms with Crippen molar-refractivity contribution < 1.29 is 30.3 Å². The van der Waals surface area contributed by atoms with Crippen molar-refractivity contribution in [2.75, 3.05) is 6.61 Å². The molecule has 1 heterocycles. The van der Waals surface area contributed by atoms with Gasteiger partial charge in [-0.1, -0.05) is 0 Å². The molecule has 15 heavy (non-hydrogen) atoms. The highest BCUT2D eigenvalue weighted by molar-refractivity contribution is 4.92. The van der Waals surface area contributed by atoms with Crippen LogP contribution in [0, 0.1) is 0 Å². The van der Waals surface area contributed by atoms with Gasteiger partial charge in [-0.25, -0.2) is 0 Å². The molecular weight excluding hydrogens is 204 g/mol. The highest BCUT2D eigenvalue weighted by atomic mass is 16.5. The lowest BCUT2D eigenvalue weighted by molar-refractivity contribution is -0.233. The van der Waals surface area contributed by atoms with Crippen LogP contribution in [0.5, 0.6) is 0 Å². The highest BCUT2D eigenvalue weighted by Crippen LogP contribution is 2.23. The minimum atomic E-state index is -1.36. The van der Waals surface area contributed by atoms with Crippen LogP contribution in [0.25, 0.3) is 0 Å². The molecule has 0 aromatic heterocycles. The monoisotopic (exact) mass is 222 g/mol. The van der Waals surface area contributed by atoms with Crippen molar-refractivity contribution in [2.24, 2.45) is 0 Å². The van der Waals surface area contributed by atoms with E-state index in [0.29, 0.717) is 0 Å². The van der Waals surface area contributed by atoms with Gasteiger partial charge in [0, 0.05) is 6.42 Å². The SMILES string of the molecule is CC(O)CC1O[C@H](CO)[C@@H](O)[C@H](O)[C@H]1O. The first-order valence-corrected chi connectivity index (χ1v) is 4.96. The van der Waals surface area contributed by atoms with Gasteiger partial charge in [-0.2, -0.15) is 0 Å². The average Bonchev–Trinajstić information content (AvgIpc) is 2.18. The predicted octanol–water partition coefficient (Wildman–Crippen LogP) is -2.40. The van der Waals surface area contributed by atoms with Crippen molar-refractivity contribution in [1.82, 2.24) is 0 Å². The summed E-state index contributed by atoms with van der Waals surface area (Å²) in [6.45, 7) is 1.09. The first-order valence-electron chi connectivity index (χ1n) is 4.96. The molecule has 1 aliphatic heterocycles. The molecule has 0 amide bonds. The molecule has 1 aliphatic rings. The number of aliphatic hydroxyl groups is 5. The average molecular weight is 222 g/mol. The summed E-state index contributed by atoms with van der Waals surface area (Å²) in [5, 5.41) is 46.4. The summed E-state index contributed by atoms with van der Waals surface area (Å²) in [5.41, 5.74) is 0. The fraction of sp³-hybridized carbons (Fsp3) is 1.00. The van der Waals surface area contributed by atoms with E-state index < -0.39 is 43.2 Å². The topological polar surface area (TPSA) is 110 Å². The van der Waals surface area contributed by atoms with Crippen LogP contribution in [0.1, 0.15) is 13.3 Å². The number of aliphatic hydroxyl groups excluding tert-OH is 5. The fourth-order valence-electron chi connectivity index (χ4n) is 1.71. The number of hydrogen-bond acceptors (Lipinski definition) is 6. The minimum Gasteiger partial charge on any atom is -0.394 e. The van der Waals surface area contributed by atoms with E-state index in [0.717, 1.165) is 0 Å². The van der Waals surface area contributed by atoms with Crippen molar-refractivity contribution >= 4 is 0 Å². The molecule has 0 bridgehead atoms. The molecule has 1 fully saturated rings. The zero-order valence-corrected chi connectivity index (χ0v) is 8.52. The molecule has 6 heteroatoms. The molecule has 0 aromatic carbocycles. The Kier molecular flexibility index (Phi) is 4.45. The molecule has 6 atom stereocenters. The lowest BCUT2D eigenvalue weighted by atomic mass is 9.92. The zero-order chi connectivity index (χ0) is 11.6. The van der Waals surface area contributed by atoms with E-state index >= 15 is 0 Å². The quantitative estimate of drug-likeness (QED) is 0.364. The minimum absolute atomic E-state index is 0.140. The van der Waals surface area contributed by atoms with Crippen molar-refractivity contribution in [1.29, 1.82) is 0 Å². The maximum Gasteiger partial charge on any atom is 0.111 e. The Hall–Kier alpha value is -0.240. The number of rotatable bonds is 3.